The lowest BCUT2D eigenvalue weighted by atomic mass is 10.2. The lowest BCUT2D eigenvalue weighted by molar-refractivity contribution is 0.594. The van der Waals surface area contributed by atoms with Crippen LogP contribution in [0.25, 0.3) is 0 Å². The average Bonchev–Trinajstić information content (AvgIpc) is 2.36. The second-order valence-corrected chi connectivity index (χ2v) is 6.65. The number of hydrogen-bond donors (Lipinski definition) is 1. The van der Waals surface area contributed by atoms with Crippen LogP contribution in [-0.4, -0.2) is 8.42 Å². The van der Waals surface area contributed by atoms with Gasteiger partial charge in [0.25, 0.3) is 10.0 Å². The van der Waals surface area contributed by atoms with Gasteiger partial charge in [-0.2, -0.15) is 0 Å². The zero-order valence-corrected chi connectivity index (χ0v) is 12.7. The van der Waals surface area contributed by atoms with E-state index < -0.39 is 21.7 Å². The highest BCUT2D eigenvalue weighted by Gasteiger charge is 2.18. The number of rotatable bonds is 3. The summed E-state index contributed by atoms with van der Waals surface area (Å²) in [7, 11) is -3.97. The van der Waals surface area contributed by atoms with Crippen molar-refractivity contribution in [3.8, 4) is 0 Å². The van der Waals surface area contributed by atoms with Crippen LogP contribution in [0.15, 0.2) is 45.8 Å². The first-order chi connectivity index (χ1) is 9.29. The molecule has 0 atom stereocenters. The molecule has 3 nitrogen and oxygen atoms in total. The van der Waals surface area contributed by atoms with E-state index in [0.29, 0.717) is 5.56 Å². The summed E-state index contributed by atoms with van der Waals surface area (Å²) in [6.45, 7) is 1.55. The number of halogens is 3. The highest BCUT2D eigenvalue weighted by molar-refractivity contribution is 9.10. The van der Waals surface area contributed by atoms with Gasteiger partial charge < -0.3 is 0 Å². The van der Waals surface area contributed by atoms with E-state index >= 15 is 0 Å². The maximum atomic E-state index is 13.4. The van der Waals surface area contributed by atoms with Gasteiger partial charge in [-0.25, -0.2) is 17.2 Å². The van der Waals surface area contributed by atoms with E-state index in [-0.39, 0.29) is 15.1 Å². The second-order valence-electron chi connectivity index (χ2n) is 4.14. The lowest BCUT2D eigenvalue weighted by Gasteiger charge is -2.10. The number of anilines is 1. The van der Waals surface area contributed by atoms with E-state index in [1.54, 1.807) is 6.92 Å². The van der Waals surface area contributed by atoms with Gasteiger partial charge in [0.2, 0.25) is 0 Å². The average molecular weight is 362 g/mol. The molecule has 0 radical (unpaired) electrons. The fraction of sp³-hybridized carbons (Fsp3) is 0.0769. The predicted octanol–water partition coefficient (Wildman–Crippen LogP) is 3.84. The number of sulfonamides is 1. The summed E-state index contributed by atoms with van der Waals surface area (Å²) in [5.74, 6) is -1.25. The summed E-state index contributed by atoms with van der Waals surface area (Å²) < 4.78 is 53.3. The van der Waals surface area contributed by atoms with Crippen LogP contribution in [0.4, 0.5) is 14.5 Å². The smallest absolute Gasteiger partial charge is 0.262 e. The van der Waals surface area contributed by atoms with Gasteiger partial charge >= 0.3 is 0 Å². The Bertz CT molecular complexity index is 763. The molecule has 0 aliphatic carbocycles. The van der Waals surface area contributed by atoms with Crippen molar-refractivity contribution in [2.75, 3.05) is 4.72 Å². The van der Waals surface area contributed by atoms with Crippen molar-refractivity contribution in [1.82, 2.24) is 0 Å². The Labute approximate surface area is 123 Å². The zero-order valence-electron chi connectivity index (χ0n) is 10.3. The number of nitrogens with one attached hydrogen (secondary N) is 1. The highest BCUT2D eigenvalue weighted by Crippen LogP contribution is 2.23. The van der Waals surface area contributed by atoms with Gasteiger partial charge in [0.1, 0.15) is 11.6 Å². The Morgan fingerprint density at radius 3 is 2.45 bits per heavy atom. The Morgan fingerprint density at radius 2 is 1.80 bits per heavy atom. The van der Waals surface area contributed by atoms with Gasteiger partial charge in [0, 0.05) is 0 Å². The number of aryl methyl sites for hydroxylation is 1. The first kappa shape index (κ1) is 14.9. The molecule has 106 valence electrons. The van der Waals surface area contributed by atoms with Crippen LogP contribution in [0.3, 0.4) is 0 Å². The van der Waals surface area contributed by atoms with Crippen molar-refractivity contribution >= 4 is 31.6 Å². The fourth-order valence-corrected chi connectivity index (χ4v) is 3.19. The summed E-state index contributed by atoms with van der Waals surface area (Å²) >= 11 is 2.97. The third-order valence-corrected chi connectivity index (χ3v) is 4.78. The Hall–Kier alpha value is -1.47. The van der Waals surface area contributed by atoms with E-state index in [4.69, 9.17) is 0 Å². The molecule has 2 aromatic rings. The number of hydrogen-bond acceptors (Lipinski definition) is 2. The van der Waals surface area contributed by atoms with Crippen LogP contribution in [0.2, 0.25) is 0 Å². The van der Waals surface area contributed by atoms with Gasteiger partial charge in [-0.3, -0.25) is 4.72 Å². The van der Waals surface area contributed by atoms with Crippen LogP contribution in [0, 0.1) is 18.6 Å². The molecule has 20 heavy (non-hydrogen) atoms. The molecule has 0 saturated carbocycles. The molecule has 7 heteroatoms. The van der Waals surface area contributed by atoms with Gasteiger partial charge in [-0.15, -0.1) is 0 Å². The van der Waals surface area contributed by atoms with Crippen LogP contribution >= 0.6 is 15.9 Å². The molecule has 1 N–H and O–H groups in total. The van der Waals surface area contributed by atoms with Gasteiger partial charge in [0.05, 0.1) is 15.1 Å². The molecule has 0 aromatic heterocycles. The molecular formula is C13H10BrF2NO2S. The van der Waals surface area contributed by atoms with Crippen molar-refractivity contribution in [2.24, 2.45) is 0 Å². The molecular weight excluding hydrogens is 352 g/mol. The minimum Gasteiger partial charge on any atom is -0.280 e. The summed E-state index contributed by atoms with van der Waals surface area (Å²) in [4.78, 5) is -0.180. The standard InChI is InChI=1S/C13H10BrF2NO2S/c1-8-2-3-9(15)6-13(8)20(18,19)17-10-4-5-11(14)12(16)7-10/h2-7,17H,1H3. The van der Waals surface area contributed by atoms with Crippen molar-refractivity contribution in [3.05, 3.63) is 58.1 Å². The molecule has 0 saturated heterocycles. The molecule has 0 unspecified atom stereocenters. The molecule has 0 amide bonds. The van der Waals surface area contributed by atoms with Gasteiger partial charge in [-0.1, -0.05) is 6.07 Å². The first-order valence-electron chi connectivity index (χ1n) is 5.53. The molecule has 0 aliphatic heterocycles. The Kier molecular flexibility index (Phi) is 4.10. The van der Waals surface area contributed by atoms with Crippen LogP contribution in [0.1, 0.15) is 5.56 Å². The van der Waals surface area contributed by atoms with E-state index in [2.05, 4.69) is 20.7 Å². The molecule has 0 fully saturated rings. The largest absolute Gasteiger partial charge is 0.280 e. The predicted molar refractivity (Wildman–Crippen MR) is 76.0 cm³/mol. The van der Waals surface area contributed by atoms with Gasteiger partial charge in [0.15, 0.2) is 0 Å². The van der Waals surface area contributed by atoms with Crippen LogP contribution < -0.4 is 4.72 Å². The lowest BCUT2D eigenvalue weighted by Crippen LogP contribution is -2.14. The fourth-order valence-electron chi connectivity index (χ4n) is 1.63. The Balaban J connectivity index is 2.40. The molecule has 0 bridgehead atoms. The summed E-state index contributed by atoms with van der Waals surface area (Å²) in [5, 5.41) is 0. The highest BCUT2D eigenvalue weighted by atomic mass is 79.9. The minimum atomic E-state index is -3.97. The normalized spacial score (nSPS) is 11.4. The molecule has 0 heterocycles. The second kappa shape index (κ2) is 5.49. The van der Waals surface area contributed by atoms with E-state index in [0.717, 1.165) is 12.1 Å². The van der Waals surface area contributed by atoms with Crippen molar-refractivity contribution in [2.45, 2.75) is 11.8 Å². The van der Waals surface area contributed by atoms with Crippen LogP contribution in [-0.2, 0) is 10.0 Å². The van der Waals surface area contributed by atoms with Crippen molar-refractivity contribution in [3.63, 3.8) is 0 Å². The third kappa shape index (κ3) is 3.16. The maximum absolute atomic E-state index is 13.4. The van der Waals surface area contributed by atoms with Crippen molar-refractivity contribution < 1.29 is 17.2 Å². The third-order valence-electron chi connectivity index (χ3n) is 2.61. The maximum Gasteiger partial charge on any atom is 0.262 e. The number of benzene rings is 2. The first-order valence-corrected chi connectivity index (χ1v) is 7.81. The summed E-state index contributed by atoms with van der Waals surface area (Å²) in [5.41, 5.74) is 0.464. The topological polar surface area (TPSA) is 46.2 Å². The Morgan fingerprint density at radius 1 is 1.10 bits per heavy atom. The van der Waals surface area contributed by atoms with E-state index in [1.165, 1.54) is 24.3 Å². The van der Waals surface area contributed by atoms with Crippen molar-refractivity contribution in [1.29, 1.82) is 0 Å². The molecule has 2 aromatic carbocycles. The van der Waals surface area contributed by atoms with E-state index in [1.807, 2.05) is 0 Å². The minimum absolute atomic E-state index is 0.0642. The monoisotopic (exact) mass is 361 g/mol. The zero-order chi connectivity index (χ0) is 14.9. The van der Waals surface area contributed by atoms with Gasteiger partial charge in [-0.05, 0) is 58.7 Å². The molecule has 0 aliphatic rings. The van der Waals surface area contributed by atoms with E-state index in [9.17, 15) is 17.2 Å². The summed E-state index contributed by atoms with van der Waals surface area (Å²) in [6.07, 6.45) is 0. The summed E-state index contributed by atoms with van der Waals surface area (Å²) in [6, 6.07) is 7.29. The quantitative estimate of drug-likeness (QED) is 0.902. The molecule has 2 rings (SSSR count). The van der Waals surface area contributed by atoms with Crippen LogP contribution in [0.5, 0.6) is 0 Å². The SMILES string of the molecule is Cc1ccc(F)cc1S(=O)(=O)Nc1ccc(Br)c(F)c1. The molecule has 0 spiro atoms.